The van der Waals surface area contributed by atoms with E-state index < -0.39 is 0 Å². The van der Waals surface area contributed by atoms with Gasteiger partial charge in [0.1, 0.15) is 0 Å². The fourth-order valence-electron chi connectivity index (χ4n) is 1.31. The van der Waals surface area contributed by atoms with Crippen LogP contribution in [0.1, 0.15) is 5.69 Å². The predicted octanol–water partition coefficient (Wildman–Crippen LogP) is 2.74. The maximum Gasteiger partial charge on any atom is 0.0567 e. The zero-order valence-corrected chi connectivity index (χ0v) is 9.34. The van der Waals surface area contributed by atoms with Gasteiger partial charge in [-0.2, -0.15) is 5.10 Å². The summed E-state index contributed by atoms with van der Waals surface area (Å²) < 4.78 is 0. The van der Waals surface area contributed by atoms with Crippen LogP contribution in [-0.4, -0.2) is 16.5 Å². The van der Waals surface area contributed by atoms with Crippen molar-refractivity contribution in [2.45, 2.75) is 11.4 Å². The van der Waals surface area contributed by atoms with Gasteiger partial charge in [0.2, 0.25) is 0 Å². The minimum Gasteiger partial charge on any atom is -0.379 e. The van der Waals surface area contributed by atoms with Crippen molar-refractivity contribution in [3.63, 3.8) is 0 Å². The van der Waals surface area contributed by atoms with Gasteiger partial charge in [0, 0.05) is 16.8 Å². The minimum absolute atomic E-state index is 0.776. The average molecular weight is 219 g/mol. The molecule has 0 fully saturated rings. The Labute approximate surface area is 93.3 Å². The molecule has 2 N–H and O–H groups in total. The van der Waals surface area contributed by atoms with Crippen molar-refractivity contribution in [1.82, 2.24) is 10.2 Å². The van der Waals surface area contributed by atoms with Crippen LogP contribution in [-0.2, 0) is 6.54 Å². The number of nitrogens with one attached hydrogen (secondary N) is 2. The molecular formula is C11H13N3S. The Morgan fingerprint density at radius 1 is 1.40 bits per heavy atom. The largest absolute Gasteiger partial charge is 0.379 e. The van der Waals surface area contributed by atoms with E-state index in [-0.39, 0.29) is 0 Å². The molecule has 0 aliphatic rings. The van der Waals surface area contributed by atoms with E-state index in [1.54, 1.807) is 18.0 Å². The molecule has 3 nitrogen and oxygen atoms in total. The van der Waals surface area contributed by atoms with Gasteiger partial charge in [-0.25, -0.2) is 0 Å². The smallest absolute Gasteiger partial charge is 0.0567 e. The van der Waals surface area contributed by atoms with Crippen LogP contribution in [0.3, 0.4) is 0 Å². The standard InChI is InChI=1S/C11H13N3S/c1-15-11-4-2-3-9(7-11)12-8-10-5-6-13-14-10/h2-7,12H,8H2,1H3,(H,13,14). The SMILES string of the molecule is CSc1cccc(NCc2ccn[nH]2)c1. The number of benzene rings is 1. The normalized spacial score (nSPS) is 10.2. The molecule has 15 heavy (non-hydrogen) atoms. The summed E-state index contributed by atoms with van der Waals surface area (Å²) in [5.41, 5.74) is 2.22. The number of nitrogens with zero attached hydrogens (tertiary/aromatic N) is 1. The number of hydrogen-bond acceptors (Lipinski definition) is 3. The van der Waals surface area contributed by atoms with Gasteiger partial charge in [-0.15, -0.1) is 11.8 Å². The van der Waals surface area contributed by atoms with E-state index in [0.717, 1.165) is 17.9 Å². The molecule has 0 unspecified atom stereocenters. The van der Waals surface area contributed by atoms with Crippen LogP contribution >= 0.6 is 11.8 Å². The predicted molar refractivity (Wildman–Crippen MR) is 64.1 cm³/mol. The van der Waals surface area contributed by atoms with Crippen LogP contribution < -0.4 is 5.32 Å². The summed E-state index contributed by atoms with van der Waals surface area (Å²) >= 11 is 1.75. The van der Waals surface area contributed by atoms with E-state index >= 15 is 0 Å². The van der Waals surface area contributed by atoms with Crippen LogP contribution in [0.15, 0.2) is 41.4 Å². The molecular weight excluding hydrogens is 206 g/mol. The molecule has 0 bridgehead atoms. The molecule has 4 heteroatoms. The zero-order valence-electron chi connectivity index (χ0n) is 8.53. The summed E-state index contributed by atoms with van der Waals surface area (Å²) in [5.74, 6) is 0. The first-order valence-corrected chi connectivity index (χ1v) is 5.97. The molecule has 1 aromatic heterocycles. The highest BCUT2D eigenvalue weighted by Crippen LogP contribution is 2.19. The topological polar surface area (TPSA) is 40.7 Å². The second-order valence-electron chi connectivity index (χ2n) is 3.17. The Hall–Kier alpha value is -1.42. The monoisotopic (exact) mass is 219 g/mol. The van der Waals surface area contributed by atoms with Crippen molar-refractivity contribution < 1.29 is 0 Å². The summed E-state index contributed by atoms with van der Waals surface area (Å²) in [7, 11) is 0. The molecule has 0 aliphatic heterocycles. The van der Waals surface area contributed by atoms with Crippen molar-refractivity contribution in [2.24, 2.45) is 0 Å². The van der Waals surface area contributed by atoms with E-state index in [1.165, 1.54) is 4.90 Å². The van der Waals surface area contributed by atoms with E-state index in [4.69, 9.17) is 0 Å². The van der Waals surface area contributed by atoms with Gasteiger partial charge in [-0.05, 0) is 30.5 Å². The van der Waals surface area contributed by atoms with Gasteiger partial charge in [-0.3, -0.25) is 5.10 Å². The summed E-state index contributed by atoms with van der Waals surface area (Å²) in [6.45, 7) is 0.776. The second kappa shape index (κ2) is 4.89. The quantitative estimate of drug-likeness (QED) is 0.777. The molecule has 0 atom stereocenters. The molecule has 2 rings (SSSR count). The molecule has 0 saturated heterocycles. The van der Waals surface area contributed by atoms with E-state index in [9.17, 15) is 0 Å². The van der Waals surface area contributed by atoms with Gasteiger partial charge in [-0.1, -0.05) is 6.07 Å². The first kappa shape index (κ1) is 10.1. The van der Waals surface area contributed by atoms with Gasteiger partial charge in [0.05, 0.1) is 12.2 Å². The van der Waals surface area contributed by atoms with E-state index in [1.807, 2.05) is 6.07 Å². The highest BCUT2D eigenvalue weighted by Gasteiger charge is 1.96. The number of thioether (sulfide) groups is 1. The third kappa shape index (κ3) is 2.76. The molecule has 0 saturated carbocycles. The van der Waals surface area contributed by atoms with Crippen LogP contribution in [0.4, 0.5) is 5.69 Å². The van der Waals surface area contributed by atoms with E-state index in [2.05, 4.69) is 46.0 Å². The number of hydrogen-bond donors (Lipinski definition) is 2. The maximum absolute atomic E-state index is 3.90. The highest BCUT2D eigenvalue weighted by atomic mass is 32.2. The lowest BCUT2D eigenvalue weighted by molar-refractivity contribution is 0.981. The number of rotatable bonds is 4. The molecule has 1 aromatic carbocycles. The summed E-state index contributed by atoms with van der Waals surface area (Å²) in [6, 6.07) is 10.3. The highest BCUT2D eigenvalue weighted by molar-refractivity contribution is 7.98. The maximum atomic E-state index is 3.90. The van der Waals surface area contributed by atoms with Crippen molar-refractivity contribution in [3.05, 3.63) is 42.2 Å². The third-order valence-electron chi connectivity index (χ3n) is 2.11. The van der Waals surface area contributed by atoms with Gasteiger partial charge in [0.15, 0.2) is 0 Å². The van der Waals surface area contributed by atoms with Gasteiger partial charge >= 0.3 is 0 Å². The van der Waals surface area contributed by atoms with Crippen molar-refractivity contribution in [3.8, 4) is 0 Å². The Bertz CT molecular complexity index is 412. The molecule has 0 spiro atoms. The average Bonchev–Trinajstić information content (AvgIpc) is 2.79. The summed E-state index contributed by atoms with van der Waals surface area (Å²) in [5, 5.41) is 10.2. The Kier molecular flexibility index (Phi) is 3.29. The summed E-state index contributed by atoms with van der Waals surface area (Å²) in [6.07, 6.45) is 3.84. The Balaban J connectivity index is 1.98. The molecule has 1 heterocycles. The Morgan fingerprint density at radius 3 is 3.07 bits per heavy atom. The lowest BCUT2D eigenvalue weighted by atomic mass is 10.3. The summed E-state index contributed by atoms with van der Waals surface area (Å²) in [4.78, 5) is 1.27. The third-order valence-corrected chi connectivity index (χ3v) is 2.84. The van der Waals surface area contributed by atoms with Crippen molar-refractivity contribution in [2.75, 3.05) is 11.6 Å². The van der Waals surface area contributed by atoms with Gasteiger partial charge < -0.3 is 5.32 Å². The first-order valence-electron chi connectivity index (χ1n) is 4.74. The lowest BCUT2D eigenvalue weighted by Crippen LogP contribution is -1.99. The van der Waals surface area contributed by atoms with E-state index in [0.29, 0.717) is 0 Å². The number of anilines is 1. The Morgan fingerprint density at radius 2 is 2.33 bits per heavy atom. The van der Waals surface area contributed by atoms with Crippen LogP contribution in [0.5, 0.6) is 0 Å². The number of aromatic amines is 1. The second-order valence-corrected chi connectivity index (χ2v) is 4.05. The van der Waals surface area contributed by atoms with Crippen molar-refractivity contribution in [1.29, 1.82) is 0 Å². The van der Waals surface area contributed by atoms with Gasteiger partial charge in [0.25, 0.3) is 0 Å². The lowest BCUT2D eigenvalue weighted by Gasteiger charge is -2.05. The minimum atomic E-state index is 0.776. The fraction of sp³-hybridized carbons (Fsp3) is 0.182. The zero-order chi connectivity index (χ0) is 10.5. The number of H-pyrrole nitrogens is 1. The van der Waals surface area contributed by atoms with Crippen molar-refractivity contribution >= 4 is 17.4 Å². The number of aromatic nitrogens is 2. The molecule has 2 aromatic rings. The van der Waals surface area contributed by atoms with Crippen LogP contribution in [0, 0.1) is 0 Å². The van der Waals surface area contributed by atoms with Crippen LogP contribution in [0.25, 0.3) is 0 Å². The molecule has 0 radical (unpaired) electrons. The fourth-order valence-corrected chi connectivity index (χ4v) is 1.77. The van der Waals surface area contributed by atoms with Crippen LogP contribution in [0.2, 0.25) is 0 Å². The molecule has 78 valence electrons. The first-order chi connectivity index (χ1) is 7.38. The molecule has 0 amide bonds. The molecule has 0 aliphatic carbocycles.